The Labute approximate surface area is 207 Å². The second-order valence-corrected chi connectivity index (χ2v) is 9.61. The van der Waals surface area contributed by atoms with E-state index in [1.165, 1.54) is 22.7 Å². The molecule has 2 aromatic heterocycles. The van der Waals surface area contributed by atoms with Gasteiger partial charge in [0.15, 0.2) is 0 Å². The molecule has 8 nitrogen and oxygen atoms in total. The average Bonchev–Trinajstić information content (AvgIpc) is 3.57. The number of amides is 2. The second-order valence-electron chi connectivity index (χ2n) is 9.61. The van der Waals surface area contributed by atoms with Crippen molar-refractivity contribution in [2.75, 3.05) is 6.54 Å². The zero-order chi connectivity index (χ0) is 26.0. The fraction of sp³-hybridized carbons (Fsp3) is 0.423. The highest BCUT2D eigenvalue weighted by Gasteiger charge is 2.34. The van der Waals surface area contributed by atoms with Crippen LogP contribution in [0.2, 0.25) is 0 Å². The van der Waals surface area contributed by atoms with Gasteiger partial charge in [-0.3, -0.25) is 4.79 Å². The predicted molar refractivity (Wildman–Crippen MR) is 129 cm³/mol. The molecule has 1 atom stereocenters. The number of carbonyl (C=O) groups excluding carboxylic acids is 1. The molecule has 1 aliphatic carbocycles. The molecule has 1 aliphatic rings. The van der Waals surface area contributed by atoms with Gasteiger partial charge < -0.3 is 20.5 Å². The number of fused-ring (bicyclic) bond motifs is 1. The summed E-state index contributed by atoms with van der Waals surface area (Å²) in [6.45, 7) is 5.29. The number of benzene rings is 1. The first-order valence-corrected chi connectivity index (χ1v) is 12.0. The van der Waals surface area contributed by atoms with Gasteiger partial charge >= 0.3 is 6.09 Å². The van der Waals surface area contributed by atoms with Gasteiger partial charge in [-0.05, 0) is 56.9 Å². The molecule has 0 radical (unpaired) electrons. The van der Waals surface area contributed by atoms with E-state index in [4.69, 9.17) is 4.74 Å². The Morgan fingerprint density at radius 1 is 1.25 bits per heavy atom. The molecule has 36 heavy (non-hydrogen) atoms. The number of aromatic nitrogens is 2. The van der Waals surface area contributed by atoms with Crippen molar-refractivity contribution in [2.24, 2.45) is 0 Å². The van der Waals surface area contributed by atoms with Crippen LogP contribution in [0.1, 0.15) is 72.6 Å². The predicted octanol–water partition coefficient (Wildman–Crippen LogP) is 4.93. The quantitative estimate of drug-likeness (QED) is 0.366. The van der Waals surface area contributed by atoms with Gasteiger partial charge in [-0.1, -0.05) is 19.4 Å². The lowest BCUT2D eigenvalue weighted by Gasteiger charge is -2.29. The van der Waals surface area contributed by atoms with Gasteiger partial charge in [-0.15, -0.1) is 0 Å². The Hall–Kier alpha value is -3.69. The normalized spacial score (nSPS) is 14.9. The number of nitrogens with zero attached hydrogens (tertiary/aromatic N) is 2. The molecule has 10 heteroatoms. The zero-order valence-corrected chi connectivity index (χ0v) is 20.5. The Balaban J connectivity index is 1.66. The third-order valence-corrected chi connectivity index (χ3v) is 6.34. The molecule has 1 fully saturated rings. The Kier molecular flexibility index (Phi) is 7.14. The Morgan fingerprint density at radius 3 is 2.56 bits per heavy atom. The average molecular weight is 501 g/mol. The van der Waals surface area contributed by atoms with Crippen LogP contribution < -0.4 is 15.4 Å². The van der Waals surface area contributed by atoms with E-state index in [1.807, 2.05) is 19.9 Å². The molecular weight excluding hydrogens is 470 g/mol. The number of aryl methyl sites for hydroxylation is 1. The minimum atomic E-state index is -1.15. The Bertz CT molecular complexity index is 1280. The minimum absolute atomic E-state index is 0.106. The summed E-state index contributed by atoms with van der Waals surface area (Å²) in [5.41, 5.74) is 1.31. The summed E-state index contributed by atoms with van der Waals surface area (Å²) in [6, 6.07) is 7.13. The summed E-state index contributed by atoms with van der Waals surface area (Å²) in [6.07, 6.45) is 1.92. The van der Waals surface area contributed by atoms with Gasteiger partial charge in [0, 0.05) is 18.5 Å². The van der Waals surface area contributed by atoms with Crippen molar-refractivity contribution < 1.29 is 28.2 Å². The molecule has 0 saturated heterocycles. The maximum atomic E-state index is 14.1. The third-order valence-electron chi connectivity index (χ3n) is 6.34. The highest BCUT2D eigenvalue weighted by atomic mass is 19.1. The van der Waals surface area contributed by atoms with Gasteiger partial charge in [0.2, 0.25) is 5.88 Å². The van der Waals surface area contributed by atoms with Crippen LogP contribution >= 0.6 is 0 Å². The van der Waals surface area contributed by atoms with E-state index in [9.17, 15) is 23.5 Å². The first-order chi connectivity index (χ1) is 17.1. The molecule has 0 aliphatic heterocycles. The number of hydrogen-bond donors (Lipinski definition) is 3. The molecule has 2 heterocycles. The van der Waals surface area contributed by atoms with E-state index in [2.05, 4.69) is 15.7 Å². The second kappa shape index (κ2) is 10.1. The number of carboxylic acid groups (broad SMARTS) is 1. The molecule has 192 valence electrons. The number of nitrogens with one attached hydrogen (secondary N) is 2. The molecule has 1 saturated carbocycles. The van der Waals surface area contributed by atoms with Crippen LogP contribution in [0.15, 0.2) is 30.3 Å². The lowest BCUT2D eigenvalue weighted by molar-refractivity contribution is 0.0937. The van der Waals surface area contributed by atoms with Crippen LogP contribution in [-0.2, 0) is 6.61 Å². The molecule has 0 spiro atoms. The van der Waals surface area contributed by atoms with E-state index in [-0.39, 0.29) is 36.4 Å². The third kappa shape index (κ3) is 5.42. The number of carbonyl (C=O) groups is 2. The highest BCUT2D eigenvalue weighted by Crippen LogP contribution is 2.42. The highest BCUT2D eigenvalue weighted by molar-refractivity contribution is 6.02. The van der Waals surface area contributed by atoms with Crippen LogP contribution in [0.5, 0.6) is 5.88 Å². The van der Waals surface area contributed by atoms with E-state index >= 15 is 0 Å². The number of rotatable bonds is 10. The van der Waals surface area contributed by atoms with Crippen molar-refractivity contribution >= 4 is 17.5 Å². The summed E-state index contributed by atoms with van der Waals surface area (Å²) in [5, 5.41) is 19.3. The van der Waals surface area contributed by atoms with Gasteiger partial charge in [0.25, 0.3) is 5.91 Å². The number of hydrogen-bond acceptors (Lipinski definition) is 4. The smallest absolute Gasteiger partial charge is 0.405 e. The van der Waals surface area contributed by atoms with E-state index < -0.39 is 23.3 Å². The molecule has 4 rings (SSSR count). The van der Waals surface area contributed by atoms with Gasteiger partial charge in [0.1, 0.15) is 18.2 Å². The van der Waals surface area contributed by atoms with Crippen LogP contribution in [0.25, 0.3) is 5.52 Å². The summed E-state index contributed by atoms with van der Waals surface area (Å²) in [7, 11) is 0. The fourth-order valence-corrected chi connectivity index (χ4v) is 4.43. The van der Waals surface area contributed by atoms with Gasteiger partial charge in [-0.2, -0.15) is 9.61 Å². The van der Waals surface area contributed by atoms with E-state index in [0.717, 1.165) is 24.8 Å². The van der Waals surface area contributed by atoms with Crippen molar-refractivity contribution in [1.82, 2.24) is 20.2 Å². The Morgan fingerprint density at radius 2 is 1.94 bits per heavy atom. The topological polar surface area (TPSA) is 105 Å². The molecular formula is C26H30F2N4O4. The summed E-state index contributed by atoms with van der Waals surface area (Å²) < 4.78 is 35.5. The lowest BCUT2D eigenvalue weighted by Crippen LogP contribution is -2.53. The van der Waals surface area contributed by atoms with Gasteiger partial charge in [0.05, 0.1) is 27.9 Å². The van der Waals surface area contributed by atoms with Crippen molar-refractivity contribution in [2.45, 2.75) is 64.5 Å². The first-order valence-electron chi connectivity index (χ1n) is 12.0. The lowest BCUT2D eigenvalue weighted by atomic mass is 9.96. The molecule has 3 aromatic rings. The van der Waals surface area contributed by atoms with E-state index in [1.54, 1.807) is 13.0 Å². The van der Waals surface area contributed by atoms with Gasteiger partial charge in [-0.25, -0.2) is 13.6 Å². The standard InChI is InChI=1S/C26H30F2N4O4/c1-4-10-26(3,30-25(34)35)14-29-24(33)22-20-11-15(2)12-21(32(20)31-23(22)16-8-9-16)36-13-17-18(27)6-5-7-19(17)28/h5-7,11-12,16,30H,4,8-10,13-14H2,1-3H3,(H,29,33)(H,34,35). The maximum absolute atomic E-state index is 14.1. The number of ether oxygens (including phenoxy) is 1. The molecule has 1 aromatic carbocycles. The minimum Gasteiger partial charge on any atom is -0.473 e. The van der Waals surface area contributed by atoms with Crippen LogP contribution in [0, 0.1) is 18.6 Å². The molecule has 1 unspecified atom stereocenters. The SMILES string of the molecule is CCCC(C)(CNC(=O)c1c(C2CC2)nn2c(OCc3c(F)cccc3F)cc(C)cc12)NC(=O)O. The fourth-order valence-electron chi connectivity index (χ4n) is 4.43. The summed E-state index contributed by atoms with van der Waals surface area (Å²) in [4.78, 5) is 24.7. The van der Waals surface area contributed by atoms with Crippen LogP contribution in [0.3, 0.4) is 0 Å². The first kappa shape index (κ1) is 25.4. The summed E-state index contributed by atoms with van der Waals surface area (Å²) in [5.74, 6) is -1.39. The molecule has 3 N–H and O–H groups in total. The maximum Gasteiger partial charge on any atom is 0.405 e. The largest absolute Gasteiger partial charge is 0.473 e. The monoisotopic (exact) mass is 500 g/mol. The number of halogens is 2. The molecule has 0 bridgehead atoms. The molecule has 2 amide bonds. The van der Waals surface area contributed by atoms with E-state index in [0.29, 0.717) is 23.2 Å². The zero-order valence-electron chi connectivity index (χ0n) is 20.5. The van der Waals surface area contributed by atoms with Crippen molar-refractivity contribution in [1.29, 1.82) is 0 Å². The number of pyridine rings is 1. The van der Waals surface area contributed by atoms with Crippen molar-refractivity contribution in [3.8, 4) is 5.88 Å². The van der Waals surface area contributed by atoms with Crippen LogP contribution in [-0.4, -0.2) is 38.8 Å². The van der Waals surface area contributed by atoms with Crippen molar-refractivity contribution in [3.05, 3.63) is 64.4 Å². The summed E-state index contributed by atoms with van der Waals surface area (Å²) >= 11 is 0. The van der Waals surface area contributed by atoms with Crippen molar-refractivity contribution in [3.63, 3.8) is 0 Å². The van der Waals surface area contributed by atoms with Crippen LogP contribution in [0.4, 0.5) is 13.6 Å².